The summed E-state index contributed by atoms with van der Waals surface area (Å²) in [6.45, 7) is 7.41. The number of hydrogen-bond acceptors (Lipinski definition) is 8. The fourth-order valence-electron chi connectivity index (χ4n) is 3.91. The zero-order valence-electron chi connectivity index (χ0n) is 16.4. The van der Waals surface area contributed by atoms with E-state index in [2.05, 4.69) is 11.9 Å². The highest BCUT2D eigenvalue weighted by atomic mass is 16.8. The molecule has 1 aromatic carbocycles. The second-order valence-electron chi connectivity index (χ2n) is 7.77. The van der Waals surface area contributed by atoms with Gasteiger partial charge in [-0.25, -0.2) is 4.79 Å². The molecule has 4 rings (SSSR count). The molecule has 0 aliphatic carbocycles. The molecule has 0 unspecified atom stereocenters. The lowest BCUT2D eigenvalue weighted by molar-refractivity contribution is -0.384. The first-order valence-corrected chi connectivity index (χ1v) is 8.98. The smallest absolute Gasteiger partial charge is 0.331 e. The standard InChI is InChI=1S/C18H21N4O7/c1-8-13-14(29-18(2,3)28-13)16(27-8)21-10-7-11(20(4)5)12(22(25)26)6-9(10)15(23)19-17(21)24/h6-8,13-14,16H,1H2,2-5H3,(H,19,23,24)/t8-,13-,14-,16-/m1/s1. The SMILES string of the molecule is [CH2][C@H]1O[C@@H](n2c(=O)[nH]c(=O)c3cc([N+](=O)[O-])c(N(C)C)cc32)[C@@H]2OC(C)(C)O[C@@H]21. The molecule has 0 bridgehead atoms. The second kappa shape index (κ2) is 6.37. The van der Waals surface area contributed by atoms with Crippen LogP contribution in [0.3, 0.4) is 0 Å². The molecule has 2 aromatic rings. The predicted molar refractivity (Wildman–Crippen MR) is 103 cm³/mol. The zero-order chi connectivity index (χ0) is 21.2. The average Bonchev–Trinajstić information content (AvgIpc) is 3.08. The maximum absolute atomic E-state index is 12.8. The number of rotatable bonds is 3. The van der Waals surface area contributed by atoms with E-state index in [1.807, 2.05) is 0 Å². The van der Waals surface area contributed by atoms with Crippen LogP contribution < -0.4 is 16.1 Å². The Balaban J connectivity index is 1.98. The van der Waals surface area contributed by atoms with E-state index in [-0.39, 0.29) is 22.3 Å². The van der Waals surface area contributed by atoms with Gasteiger partial charge in [-0.05, 0) is 26.8 Å². The maximum atomic E-state index is 12.8. The number of H-pyrrole nitrogens is 1. The minimum absolute atomic E-state index is 0.00672. The van der Waals surface area contributed by atoms with Crippen LogP contribution in [0, 0.1) is 17.0 Å². The van der Waals surface area contributed by atoms with E-state index in [1.165, 1.54) is 15.5 Å². The Kier molecular flexibility index (Phi) is 4.30. The van der Waals surface area contributed by atoms with Gasteiger partial charge in [0.1, 0.15) is 17.9 Å². The van der Waals surface area contributed by atoms with E-state index in [1.54, 1.807) is 27.9 Å². The van der Waals surface area contributed by atoms with Crippen molar-refractivity contribution in [3.8, 4) is 0 Å². The molecule has 29 heavy (non-hydrogen) atoms. The van der Waals surface area contributed by atoms with E-state index in [4.69, 9.17) is 14.2 Å². The van der Waals surface area contributed by atoms with Gasteiger partial charge in [0.15, 0.2) is 12.0 Å². The van der Waals surface area contributed by atoms with E-state index >= 15 is 0 Å². The Morgan fingerprint density at radius 3 is 2.52 bits per heavy atom. The first-order chi connectivity index (χ1) is 13.5. The average molecular weight is 405 g/mol. The summed E-state index contributed by atoms with van der Waals surface area (Å²) < 4.78 is 18.8. The minimum atomic E-state index is -0.924. The zero-order valence-corrected chi connectivity index (χ0v) is 16.4. The lowest BCUT2D eigenvalue weighted by Gasteiger charge is -2.25. The van der Waals surface area contributed by atoms with Crippen molar-refractivity contribution >= 4 is 22.3 Å². The molecular weight excluding hydrogens is 384 g/mol. The van der Waals surface area contributed by atoms with Crippen molar-refractivity contribution in [2.75, 3.05) is 19.0 Å². The molecular formula is C18H21N4O7. The molecule has 0 saturated carbocycles. The molecule has 2 aliphatic heterocycles. The van der Waals surface area contributed by atoms with Crippen molar-refractivity contribution < 1.29 is 19.1 Å². The summed E-state index contributed by atoms with van der Waals surface area (Å²) in [4.78, 5) is 39.8. The van der Waals surface area contributed by atoms with Crippen LogP contribution in [-0.2, 0) is 14.2 Å². The molecule has 1 N–H and O–H groups in total. The number of nitrogens with zero attached hydrogens (tertiary/aromatic N) is 3. The highest BCUT2D eigenvalue weighted by Gasteiger charge is 2.55. The van der Waals surface area contributed by atoms with Crippen LogP contribution >= 0.6 is 0 Å². The van der Waals surface area contributed by atoms with E-state index < -0.39 is 46.5 Å². The van der Waals surface area contributed by atoms with Gasteiger partial charge in [0, 0.05) is 20.2 Å². The number of aromatic amines is 1. The topological polar surface area (TPSA) is 129 Å². The minimum Gasteiger partial charge on any atom is -0.372 e. The van der Waals surface area contributed by atoms with Gasteiger partial charge in [-0.2, -0.15) is 0 Å². The summed E-state index contributed by atoms with van der Waals surface area (Å²) in [5.74, 6) is -0.886. The number of nitrogens with one attached hydrogen (secondary N) is 1. The van der Waals surface area contributed by atoms with Crippen molar-refractivity contribution in [1.82, 2.24) is 9.55 Å². The van der Waals surface area contributed by atoms with Crippen LogP contribution in [-0.4, -0.2) is 52.7 Å². The largest absolute Gasteiger partial charge is 0.372 e. The molecule has 11 heteroatoms. The summed E-state index contributed by atoms with van der Waals surface area (Å²) in [5.41, 5.74) is -1.25. The van der Waals surface area contributed by atoms with Gasteiger partial charge in [0.05, 0.1) is 21.9 Å². The van der Waals surface area contributed by atoms with Crippen molar-refractivity contribution in [2.24, 2.45) is 0 Å². The maximum Gasteiger partial charge on any atom is 0.331 e. The van der Waals surface area contributed by atoms with Crippen molar-refractivity contribution in [2.45, 2.75) is 44.2 Å². The summed E-state index contributed by atoms with van der Waals surface area (Å²) in [6, 6.07) is 2.59. The molecule has 2 fully saturated rings. The molecule has 2 saturated heterocycles. The van der Waals surface area contributed by atoms with Crippen LogP contribution in [0.4, 0.5) is 11.4 Å². The summed E-state index contributed by atoms with van der Waals surface area (Å²) >= 11 is 0. The molecule has 11 nitrogen and oxygen atoms in total. The molecule has 0 spiro atoms. The van der Waals surface area contributed by atoms with E-state index in [0.29, 0.717) is 0 Å². The van der Waals surface area contributed by atoms with Gasteiger partial charge in [0.25, 0.3) is 11.2 Å². The van der Waals surface area contributed by atoms with Gasteiger partial charge < -0.3 is 19.1 Å². The Labute approximate surface area is 164 Å². The Bertz CT molecular complexity index is 1120. The number of nitro benzene ring substituents is 1. The normalized spacial score (nSPS) is 27.9. The Hall–Kier alpha value is -2.76. The molecule has 1 aromatic heterocycles. The number of aromatic nitrogens is 2. The summed E-state index contributed by atoms with van der Waals surface area (Å²) in [7, 11) is 3.27. The van der Waals surface area contributed by atoms with Crippen LogP contribution in [0.1, 0.15) is 20.1 Å². The van der Waals surface area contributed by atoms with E-state index in [0.717, 1.165) is 6.07 Å². The second-order valence-corrected chi connectivity index (χ2v) is 7.77. The first kappa shape index (κ1) is 19.6. The Morgan fingerprint density at radius 1 is 1.24 bits per heavy atom. The summed E-state index contributed by atoms with van der Waals surface area (Å²) in [5, 5.41) is 11.5. The lowest BCUT2D eigenvalue weighted by Crippen LogP contribution is -2.38. The number of fused-ring (bicyclic) bond motifs is 2. The quantitative estimate of drug-likeness (QED) is 0.589. The predicted octanol–water partition coefficient (Wildman–Crippen LogP) is 0.916. The number of hydrogen-bond donors (Lipinski definition) is 1. The number of benzene rings is 1. The van der Waals surface area contributed by atoms with Crippen molar-refractivity contribution in [3.05, 3.63) is 50.0 Å². The first-order valence-electron chi connectivity index (χ1n) is 8.98. The third-order valence-corrected chi connectivity index (χ3v) is 5.09. The lowest BCUT2D eigenvalue weighted by atomic mass is 10.1. The van der Waals surface area contributed by atoms with Crippen LogP contribution in [0.5, 0.6) is 0 Å². The highest BCUT2D eigenvalue weighted by Crippen LogP contribution is 2.43. The number of nitro groups is 1. The third kappa shape index (κ3) is 3.02. The van der Waals surface area contributed by atoms with Gasteiger partial charge in [-0.1, -0.05) is 0 Å². The molecule has 1 radical (unpaired) electrons. The van der Waals surface area contributed by atoms with Crippen molar-refractivity contribution in [3.63, 3.8) is 0 Å². The van der Waals surface area contributed by atoms with Crippen LogP contribution in [0.15, 0.2) is 21.7 Å². The van der Waals surface area contributed by atoms with Gasteiger partial charge in [0.2, 0.25) is 0 Å². The molecule has 3 heterocycles. The molecule has 2 aliphatic rings. The van der Waals surface area contributed by atoms with Crippen LogP contribution in [0.25, 0.3) is 10.9 Å². The van der Waals surface area contributed by atoms with Crippen molar-refractivity contribution in [1.29, 1.82) is 0 Å². The molecule has 155 valence electrons. The summed E-state index contributed by atoms with van der Waals surface area (Å²) in [6.07, 6.45) is -2.67. The van der Waals surface area contributed by atoms with Gasteiger partial charge in [-0.15, -0.1) is 0 Å². The van der Waals surface area contributed by atoms with E-state index in [9.17, 15) is 19.7 Å². The fraction of sp³-hybridized carbons (Fsp3) is 0.500. The highest BCUT2D eigenvalue weighted by molar-refractivity contribution is 5.87. The number of ether oxygens (including phenoxy) is 3. The number of anilines is 1. The van der Waals surface area contributed by atoms with Gasteiger partial charge in [-0.3, -0.25) is 24.5 Å². The monoisotopic (exact) mass is 405 g/mol. The molecule has 0 amide bonds. The Morgan fingerprint density at radius 2 is 1.90 bits per heavy atom. The third-order valence-electron chi connectivity index (χ3n) is 5.09. The van der Waals surface area contributed by atoms with Crippen LogP contribution in [0.2, 0.25) is 0 Å². The fourth-order valence-corrected chi connectivity index (χ4v) is 3.91. The molecule has 4 atom stereocenters. The van der Waals surface area contributed by atoms with Gasteiger partial charge >= 0.3 is 5.69 Å².